The molecule has 1 N–H and O–H groups in total. The number of carboxylic acid groups (broad SMARTS) is 1. The molecule has 0 heterocycles. The van der Waals surface area contributed by atoms with Crippen molar-refractivity contribution in [2.45, 2.75) is 39.5 Å². The van der Waals surface area contributed by atoms with Crippen LogP contribution in [0.25, 0.3) is 0 Å². The number of rotatable bonds is 5. The lowest BCUT2D eigenvalue weighted by molar-refractivity contribution is -0.151. The summed E-state index contributed by atoms with van der Waals surface area (Å²) in [7, 11) is 1.24. The van der Waals surface area contributed by atoms with Crippen LogP contribution >= 0.6 is 0 Å². The molecular weight excluding hydrogens is 320 g/mol. The molecule has 25 heavy (non-hydrogen) atoms. The SMILES string of the molecule is C=C1CC(C(=O)O)C(C(=O)C(C(=O)OC)c2c(C)cc(C)cc2C)C1. The smallest absolute Gasteiger partial charge is 0.320 e. The molecule has 3 unspecified atom stereocenters. The fourth-order valence-electron chi connectivity index (χ4n) is 3.90. The summed E-state index contributed by atoms with van der Waals surface area (Å²) < 4.78 is 4.88. The lowest BCUT2D eigenvalue weighted by atomic mass is 9.79. The number of benzene rings is 1. The molecule has 1 aromatic rings. The lowest BCUT2D eigenvalue weighted by Crippen LogP contribution is -2.34. The van der Waals surface area contributed by atoms with Gasteiger partial charge in [0.15, 0.2) is 5.78 Å². The van der Waals surface area contributed by atoms with E-state index in [1.54, 1.807) is 0 Å². The molecular formula is C20H24O5. The number of carbonyl (C=O) groups is 3. The molecule has 0 bridgehead atoms. The Morgan fingerprint density at radius 3 is 2.12 bits per heavy atom. The van der Waals surface area contributed by atoms with Gasteiger partial charge in [0.25, 0.3) is 0 Å². The molecule has 0 aliphatic heterocycles. The average Bonchev–Trinajstić information content (AvgIpc) is 2.91. The maximum absolute atomic E-state index is 13.2. The number of allylic oxidation sites excluding steroid dienone is 1. The number of hydrogen-bond acceptors (Lipinski definition) is 4. The summed E-state index contributed by atoms with van der Waals surface area (Å²) >= 11 is 0. The highest BCUT2D eigenvalue weighted by atomic mass is 16.5. The first-order valence-electron chi connectivity index (χ1n) is 8.26. The highest BCUT2D eigenvalue weighted by Gasteiger charge is 2.45. The van der Waals surface area contributed by atoms with Gasteiger partial charge in [-0.25, -0.2) is 0 Å². The van der Waals surface area contributed by atoms with Crippen LogP contribution in [0, 0.1) is 32.6 Å². The van der Waals surface area contributed by atoms with E-state index in [1.165, 1.54) is 7.11 Å². The van der Waals surface area contributed by atoms with Gasteiger partial charge in [0.05, 0.1) is 13.0 Å². The van der Waals surface area contributed by atoms with E-state index in [1.807, 2.05) is 32.9 Å². The second-order valence-electron chi connectivity index (χ2n) is 6.88. The lowest BCUT2D eigenvalue weighted by Gasteiger charge is -2.23. The average molecular weight is 344 g/mol. The van der Waals surface area contributed by atoms with E-state index in [-0.39, 0.29) is 6.42 Å². The number of ketones is 1. The second-order valence-corrected chi connectivity index (χ2v) is 6.88. The monoisotopic (exact) mass is 344 g/mol. The van der Waals surface area contributed by atoms with Crippen LogP contribution in [0.3, 0.4) is 0 Å². The normalized spacial score (nSPS) is 21.0. The number of methoxy groups -OCH3 is 1. The van der Waals surface area contributed by atoms with Gasteiger partial charge in [0.1, 0.15) is 5.92 Å². The van der Waals surface area contributed by atoms with Crippen molar-refractivity contribution in [1.29, 1.82) is 0 Å². The van der Waals surface area contributed by atoms with Gasteiger partial charge in [-0.15, -0.1) is 0 Å². The molecule has 5 heteroatoms. The maximum Gasteiger partial charge on any atom is 0.320 e. The van der Waals surface area contributed by atoms with Crippen molar-refractivity contribution in [2.75, 3.05) is 7.11 Å². The van der Waals surface area contributed by atoms with Crippen molar-refractivity contribution in [3.63, 3.8) is 0 Å². The minimum Gasteiger partial charge on any atom is -0.481 e. The Morgan fingerprint density at radius 1 is 1.12 bits per heavy atom. The molecule has 5 nitrogen and oxygen atoms in total. The molecule has 1 saturated carbocycles. The molecule has 2 rings (SSSR count). The largest absolute Gasteiger partial charge is 0.481 e. The summed E-state index contributed by atoms with van der Waals surface area (Å²) in [5, 5.41) is 9.43. The number of ether oxygens (including phenoxy) is 1. The standard InChI is InChI=1S/C20H24O5/c1-10-6-12(3)16(13(4)7-10)17(20(24)25-5)18(21)14-8-11(2)9-15(14)19(22)23/h6-7,14-15,17H,2,8-9H2,1,3-5H3,(H,22,23). The van der Waals surface area contributed by atoms with Crippen LogP contribution in [-0.4, -0.2) is 29.9 Å². The van der Waals surface area contributed by atoms with E-state index in [0.29, 0.717) is 12.0 Å². The first-order chi connectivity index (χ1) is 11.7. The van der Waals surface area contributed by atoms with Crippen molar-refractivity contribution in [3.05, 3.63) is 46.5 Å². The number of hydrogen-bond donors (Lipinski definition) is 1. The van der Waals surface area contributed by atoms with Crippen LogP contribution in [0.5, 0.6) is 0 Å². The van der Waals surface area contributed by atoms with E-state index < -0.39 is 35.5 Å². The van der Waals surface area contributed by atoms with E-state index >= 15 is 0 Å². The van der Waals surface area contributed by atoms with E-state index in [9.17, 15) is 19.5 Å². The Bertz CT molecular complexity index is 723. The van der Waals surface area contributed by atoms with Gasteiger partial charge in [-0.1, -0.05) is 29.8 Å². The first-order valence-corrected chi connectivity index (χ1v) is 8.26. The molecule has 0 radical (unpaired) electrons. The summed E-state index contributed by atoms with van der Waals surface area (Å²) in [6, 6.07) is 3.82. The third kappa shape index (κ3) is 3.65. The number of carboxylic acids is 1. The Morgan fingerprint density at radius 2 is 1.64 bits per heavy atom. The van der Waals surface area contributed by atoms with Crippen LogP contribution in [0.1, 0.15) is 41.0 Å². The molecule has 0 spiro atoms. The molecule has 1 aromatic carbocycles. The Balaban J connectivity index is 2.52. The summed E-state index contributed by atoms with van der Waals surface area (Å²) in [5.41, 5.74) is 4.03. The Labute approximate surface area is 147 Å². The summed E-state index contributed by atoms with van der Waals surface area (Å²) in [6.07, 6.45) is 0.568. The fourth-order valence-corrected chi connectivity index (χ4v) is 3.90. The maximum atomic E-state index is 13.2. The van der Waals surface area contributed by atoms with Crippen molar-refractivity contribution in [1.82, 2.24) is 0 Å². The molecule has 0 saturated heterocycles. The van der Waals surface area contributed by atoms with E-state index in [2.05, 4.69) is 6.58 Å². The Hall–Kier alpha value is -2.43. The molecule has 134 valence electrons. The summed E-state index contributed by atoms with van der Waals surface area (Å²) in [4.78, 5) is 37.2. The van der Waals surface area contributed by atoms with Crippen LogP contribution in [0.2, 0.25) is 0 Å². The molecule has 1 fully saturated rings. The van der Waals surface area contributed by atoms with E-state index in [4.69, 9.17) is 4.74 Å². The second kappa shape index (κ2) is 7.21. The predicted molar refractivity (Wildman–Crippen MR) is 93.4 cm³/mol. The third-order valence-corrected chi connectivity index (χ3v) is 4.93. The third-order valence-electron chi connectivity index (χ3n) is 4.93. The van der Waals surface area contributed by atoms with Crippen LogP contribution in [-0.2, 0) is 19.1 Å². The zero-order valence-electron chi connectivity index (χ0n) is 15.1. The van der Waals surface area contributed by atoms with Crippen LogP contribution < -0.4 is 0 Å². The summed E-state index contributed by atoms with van der Waals surface area (Å²) in [6.45, 7) is 9.47. The molecule has 0 aromatic heterocycles. The fraction of sp³-hybridized carbons (Fsp3) is 0.450. The van der Waals surface area contributed by atoms with Crippen molar-refractivity contribution < 1.29 is 24.2 Å². The topological polar surface area (TPSA) is 80.7 Å². The minimum absolute atomic E-state index is 0.269. The number of aryl methyl sites for hydroxylation is 3. The molecule has 0 amide bonds. The Kier molecular flexibility index (Phi) is 5.45. The number of carbonyl (C=O) groups excluding carboxylic acids is 2. The van der Waals surface area contributed by atoms with Gasteiger partial charge in [0.2, 0.25) is 0 Å². The summed E-state index contributed by atoms with van der Waals surface area (Å²) in [5.74, 6) is -4.77. The zero-order valence-corrected chi connectivity index (χ0v) is 15.1. The van der Waals surface area contributed by atoms with Gasteiger partial charge in [-0.3, -0.25) is 14.4 Å². The zero-order chi connectivity index (χ0) is 18.9. The van der Waals surface area contributed by atoms with Gasteiger partial charge in [-0.2, -0.15) is 0 Å². The molecule has 1 aliphatic carbocycles. The highest BCUT2D eigenvalue weighted by Crippen LogP contribution is 2.40. The number of Topliss-reactive ketones (excluding diaryl/α,β-unsaturated/α-hetero) is 1. The quantitative estimate of drug-likeness (QED) is 0.504. The van der Waals surface area contributed by atoms with E-state index in [0.717, 1.165) is 22.3 Å². The first kappa shape index (κ1) is 18.9. The minimum atomic E-state index is -1.11. The number of aliphatic carboxylic acids is 1. The van der Waals surface area contributed by atoms with Crippen LogP contribution in [0.4, 0.5) is 0 Å². The van der Waals surface area contributed by atoms with Crippen molar-refractivity contribution in [3.8, 4) is 0 Å². The van der Waals surface area contributed by atoms with Crippen LogP contribution in [0.15, 0.2) is 24.3 Å². The molecule has 1 aliphatic rings. The van der Waals surface area contributed by atoms with Crippen molar-refractivity contribution in [2.24, 2.45) is 11.8 Å². The highest BCUT2D eigenvalue weighted by molar-refractivity contribution is 6.07. The van der Waals surface area contributed by atoms with Gasteiger partial charge < -0.3 is 9.84 Å². The number of esters is 1. The predicted octanol–water partition coefficient (Wildman–Crippen LogP) is 3.10. The van der Waals surface area contributed by atoms with Crippen molar-refractivity contribution >= 4 is 17.7 Å². The van der Waals surface area contributed by atoms with Gasteiger partial charge in [-0.05, 0) is 50.3 Å². The van der Waals surface area contributed by atoms with Gasteiger partial charge >= 0.3 is 11.9 Å². The van der Waals surface area contributed by atoms with Gasteiger partial charge in [0, 0.05) is 5.92 Å². The molecule has 3 atom stereocenters.